The first-order chi connectivity index (χ1) is 17.8. The van der Waals surface area contributed by atoms with E-state index < -0.39 is 10.0 Å². The number of carbonyl (C=O) groups excluding carboxylic acids is 1. The molecule has 5 rings (SSSR count). The summed E-state index contributed by atoms with van der Waals surface area (Å²) in [6.45, 7) is 2.67. The Bertz CT molecular complexity index is 1550. The number of fused-ring (bicyclic) bond motifs is 1. The molecule has 37 heavy (non-hydrogen) atoms. The van der Waals surface area contributed by atoms with Crippen LogP contribution in [0.2, 0.25) is 5.02 Å². The SMILES string of the molecule is Cc1ccc(C(=O)N(Cc2nn(C)c3c2CN(S(=O)(=O)c2ccccc2Cl)CC3)c2ccccc2)cc1. The molecule has 0 saturated carbocycles. The molecule has 0 unspecified atom stereocenters. The van der Waals surface area contributed by atoms with Gasteiger partial charge in [-0.05, 0) is 43.3 Å². The van der Waals surface area contributed by atoms with Crippen LogP contribution in [0.5, 0.6) is 0 Å². The highest BCUT2D eigenvalue weighted by Crippen LogP contribution is 2.31. The second-order valence-electron chi connectivity index (χ2n) is 9.11. The lowest BCUT2D eigenvalue weighted by Gasteiger charge is -2.28. The normalized spacial score (nSPS) is 13.8. The van der Waals surface area contributed by atoms with E-state index in [1.807, 2.05) is 68.6 Å². The van der Waals surface area contributed by atoms with Crippen LogP contribution < -0.4 is 4.90 Å². The Morgan fingerprint density at radius 3 is 2.38 bits per heavy atom. The van der Waals surface area contributed by atoms with Gasteiger partial charge < -0.3 is 4.90 Å². The van der Waals surface area contributed by atoms with Crippen molar-refractivity contribution < 1.29 is 13.2 Å². The number of aryl methyl sites for hydroxylation is 2. The molecule has 1 aliphatic rings. The molecule has 0 fully saturated rings. The van der Waals surface area contributed by atoms with E-state index in [0.29, 0.717) is 24.2 Å². The van der Waals surface area contributed by atoms with Gasteiger partial charge in [-0.1, -0.05) is 59.6 Å². The Morgan fingerprint density at radius 1 is 1.00 bits per heavy atom. The van der Waals surface area contributed by atoms with Crippen molar-refractivity contribution in [1.29, 1.82) is 0 Å². The number of hydrogen-bond acceptors (Lipinski definition) is 4. The largest absolute Gasteiger partial charge is 0.302 e. The van der Waals surface area contributed by atoms with Crippen molar-refractivity contribution in [1.82, 2.24) is 14.1 Å². The minimum atomic E-state index is -3.80. The summed E-state index contributed by atoms with van der Waals surface area (Å²) in [6.07, 6.45) is 0.514. The second-order valence-corrected chi connectivity index (χ2v) is 11.4. The Morgan fingerprint density at radius 2 is 1.68 bits per heavy atom. The molecule has 0 spiro atoms. The van der Waals surface area contributed by atoms with Gasteiger partial charge >= 0.3 is 0 Å². The van der Waals surface area contributed by atoms with Crippen LogP contribution in [0, 0.1) is 6.92 Å². The minimum Gasteiger partial charge on any atom is -0.302 e. The van der Waals surface area contributed by atoms with Gasteiger partial charge in [0.2, 0.25) is 10.0 Å². The van der Waals surface area contributed by atoms with Gasteiger partial charge in [0, 0.05) is 49.1 Å². The number of anilines is 1. The highest BCUT2D eigenvalue weighted by atomic mass is 35.5. The number of nitrogens with zero attached hydrogens (tertiary/aromatic N) is 4. The maximum atomic E-state index is 13.7. The van der Waals surface area contributed by atoms with E-state index in [1.165, 1.54) is 10.4 Å². The third-order valence-corrected chi connectivity index (χ3v) is 9.01. The summed E-state index contributed by atoms with van der Waals surface area (Å²) in [4.78, 5) is 15.4. The van der Waals surface area contributed by atoms with E-state index in [4.69, 9.17) is 16.7 Å². The second kappa shape index (κ2) is 10.1. The molecule has 0 bridgehead atoms. The summed E-state index contributed by atoms with van der Waals surface area (Å²) in [5.41, 5.74) is 4.84. The van der Waals surface area contributed by atoms with E-state index in [-0.39, 0.29) is 28.9 Å². The first-order valence-corrected chi connectivity index (χ1v) is 13.8. The molecule has 0 radical (unpaired) electrons. The number of para-hydroxylation sites is 1. The summed E-state index contributed by atoms with van der Waals surface area (Å²) in [5, 5.41) is 4.92. The van der Waals surface area contributed by atoms with Crippen LogP contribution in [0.1, 0.15) is 32.9 Å². The lowest BCUT2D eigenvalue weighted by molar-refractivity contribution is 0.0984. The number of benzene rings is 3. The zero-order valence-electron chi connectivity index (χ0n) is 20.6. The first kappa shape index (κ1) is 25.2. The van der Waals surface area contributed by atoms with Gasteiger partial charge in [0.15, 0.2) is 0 Å². The van der Waals surface area contributed by atoms with Crippen molar-refractivity contribution in [2.24, 2.45) is 7.05 Å². The molecular formula is C28H27ClN4O3S. The van der Waals surface area contributed by atoms with E-state index >= 15 is 0 Å². The van der Waals surface area contributed by atoms with Crippen molar-refractivity contribution >= 4 is 33.2 Å². The number of rotatable bonds is 6. The van der Waals surface area contributed by atoms with E-state index in [9.17, 15) is 13.2 Å². The molecule has 7 nitrogen and oxygen atoms in total. The number of halogens is 1. The molecule has 0 atom stereocenters. The Kier molecular flexibility index (Phi) is 6.90. The van der Waals surface area contributed by atoms with Gasteiger partial charge in [0.1, 0.15) is 4.90 Å². The summed E-state index contributed by atoms with van der Waals surface area (Å²) in [7, 11) is -1.95. The van der Waals surface area contributed by atoms with Gasteiger partial charge in [-0.2, -0.15) is 9.40 Å². The van der Waals surface area contributed by atoms with Crippen LogP contribution in [0.4, 0.5) is 5.69 Å². The van der Waals surface area contributed by atoms with Gasteiger partial charge in [-0.25, -0.2) is 8.42 Å². The third-order valence-electron chi connectivity index (χ3n) is 6.66. The fourth-order valence-corrected chi connectivity index (χ4v) is 6.56. The van der Waals surface area contributed by atoms with Gasteiger partial charge in [0.05, 0.1) is 17.3 Å². The van der Waals surface area contributed by atoms with Crippen LogP contribution in [0.3, 0.4) is 0 Å². The standard InChI is InChI=1S/C28H27ClN4O3S/c1-20-12-14-21(15-13-20)28(34)33(22-8-4-3-5-9-22)19-25-23-18-32(17-16-26(23)31(2)30-25)37(35,36)27-11-7-6-10-24(27)29/h3-15H,16-19H2,1-2H3. The topological polar surface area (TPSA) is 75.5 Å². The lowest BCUT2D eigenvalue weighted by Crippen LogP contribution is -2.37. The van der Waals surface area contributed by atoms with Crippen molar-refractivity contribution in [3.63, 3.8) is 0 Å². The quantitative estimate of drug-likeness (QED) is 0.350. The van der Waals surface area contributed by atoms with Gasteiger partial charge in [-0.3, -0.25) is 9.48 Å². The number of aromatic nitrogens is 2. The van der Waals surface area contributed by atoms with E-state index in [1.54, 1.807) is 27.8 Å². The van der Waals surface area contributed by atoms with Crippen molar-refractivity contribution in [3.8, 4) is 0 Å². The average Bonchev–Trinajstić information content (AvgIpc) is 3.22. The van der Waals surface area contributed by atoms with Gasteiger partial charge in [0.25, 0.3) is 5.91 Å². The summed E-state index contributed by atoms with van der Waals surface area (Å²) in [6, 6.07) is 23.4. The average molecular weight is 535 g/mol. The predicted molar refractivity (Wildman–Crippen MR) is 144 cm³/mol. The Labute approximate surface area is 222 Å². The third kappa shape index (κ3) is 4.92. The zero-order chi connectivity index (χ0) is 26.2. The molecule has 0 aliphatic carbocycles. The van der Waals surface area contributed by atoms with Gasteiger partial charge in [-0.15, -0.1) is 0 Å². The fraction of sp³-hybridized carbons (Fsp3) is 0.214. The molecule has 1 amide bonds. The summed E-state index contributed by atoms with van der Waals surface area (Å²) in [5.74, 6) is -0.151. The van der Waals surface area contributed by atoms with Crippen molar-refractivity contribution in [2.45, 2.75) is 31.3 Å². The molecule has 4 aromatic rings. The lowest BCUT2D eigenvalue weighted by atomic mass is 10.1. The highest BCUT2D eigenvalue weighted by molar-refractivity contribution is 7.89. The number of hydrogen-bond donors (Lipinski definition) is 0. The predicted octanol–water partition coefficient (Wildman–Crippen LogP) is 4.98. The molecule has 3 aromatic carbocycles. The van der Waals surface area contributed by atoms with Crippen molar-refractivity contribution in [2.75, 3.05) is 11.4 Å². The van der Waals surface area contributed by atoms with Crippen LogP contribution in [0.15, 0.2) is 83.8 Å². The number of amides is 1. The number of carbonyl (C=O) groups is 1. The van der Waals surface area contributed by atoms with Crippen LogP contribution in [-0.2, 0) is 36.6 Å². The summed E-state index contributed by atoms with van der Waals surface area (Å²) < 4.78 is 30.1. The number of sulfonamides is 1. The van der Waals surface area contributed by atoms with Crippen LogP contribution in [-0.4, -0.2) is 35.0 Å². The van der Waals surface area contributed by atoms with E-state index in [2.05, 4.69) is 0 Å². The minimum absolute atomic E-state index is 0.0889. The molecule has 9 heteroatoms. The fourth-order valence-electron chi connectivity index (χ4n) is 4.66. The first-order valence-electron chi connectivity index (χ1n) is 12.0. The molecule has 0 N–H and O–H groups in total. The monoisotopic (exact) mass is 534 g/mol. The molecule has 190 valence electrons. The van der Waals surface area contributed by atoms with Crippen LogP contribution in [0.25, 0.3) is 0 Å². The van der Waals surface area contributed by atoms with E-state index in [0.717, 1.165) is 22.5 Å². The zero-order valence-corrected chi connectivity index (χ0v) is 22.2. The van der Waals surface area contributed by atoms with Crippen LogP contribution >= 0.6 is 11.6 Å². The maximum absolute atomic E-state index is 13.7. The molecule has 2 heterocycles. The molecule has 1 aromatic heterocycles. The molecule has 0 saturated heterocycles. The Balaban J connectivity index is 1.50. The maximum Gasteiger partial charge on any atom is 0.258 e. The Hall–Kier alpha value is -3.46. The molecular weight excluding hydrogens is 508 g/mol. The summed E-state index contributed by atoms with van der Waals surface area (Å²) >= 11 is 6.24. The smallest absolute Gasteiger partial charge is 0.258 e. The van der Waals surface area contributed by atoms with Crippen molar-refractivity contribution in [3.05, 3.63) is 112 Å². The highest BCUT2D eigenvalue weighted by Gasteiger charge is 2.34. The molecule has 1 aliphatic heterocycles.